The zero-order valence-corrected chi connectivity index (χ0v) is 41.9. The number of halogens is 1. The summed E-state index contributed by atoms with van der Waals surface area (Å²) in [5.41, 5.74) is 9.69. The monoisotopic (exact) mass is 947 g/mol. The van der Waals surface area contributed by atoms with Gasteiger partial charge in [0.15, 0.2) is 11.9 Å². The summed E-state index contributed by atoms with van der Waals surface area (Å²) in [6.45, 7) is 18.6. The predicted molar refractivity (Wildman–Crippen MR) is 284 cm³/mol. The standard InChI is InChI=1S/C60H59ClN4O3Si/c1-7-41-39-65(38-40-34-49(42-20-12-8-13-21-42)55(68-69(5,6)60(2,3)4)50(35-40)43-22-14-9-15-23-43)33-31-46(41)36-53(65)56(48-30-32-62-52-29-28-47(66)37-51(48)52)67-59-54(44-24-16-10-17-25-44)57(61)63-58(64-59)45-26-18-11-19-27-45/h7-30,32,34-35,37,41,46,53,56H,1,31,33,36,38-39H2,2-6H3/p+1/t41-,46-,53-,56+,65-/m1/s1. The van der Waals surface area contributed by atoms with Crippen molar-refractivity contribution in [2.24, 2.45) is 11.8 Å². The second kappa shape index (κ2) is 18.7. The molecule has 5 heterocycles. The van der Waals surface area contributed by atoms with Gasteiger partial charge in [-0.3, -0.25) is 4.98 Å². The molecule has 0 aliphatic carbocycles. The number of hydrogen-bond donors (Lipinski definition) is 1. The Morgan fingerprint density at radius 1 is 0.783 bits per heavy atom. The molecule has 2 aromatic heterocycles. The number of aromatic hydroxyl groups is 1. The maximum absolute atomic E-state index is 11.1. The number of piperidine rings is 3. The fraction of sp³-hybridized carbons (Fsp3) is 0.250. The molecular formula is C60H60ClN4O3Si+. The zero-order chi connectivity index (χ0) is 47.9. The molecule has 6 aromatic carbocycles. The summed E-state index contributed by atoms with van der Waals surface area (Å²) in [6, 6.07) is 53.6. The van der Waals surface area contributed by atoms with Gasteiger partial charge in [-0.05, 0) is 77.1 Å². The Balaban J connectivity index is 1.19. The second-order valence-corrected chi connectivity index (χ2v) is 25.6. The summed E-state index contributed by atoms with van der Waals surface area (Å²) < 4.78 is 15.9. The Bertz CT molecular complexity index is 3070. The molecule has 11 rings (SSSR count). The van der Waals surface area contributed by atoms with Crippen molar-refractivity contribution in [3.8, 4) is 62.1 Å². The zero-order valence-electron chi connectivity index (χ0n) is 40.1. The molecule has 0 spiro atoms. The Kier molecular flexibility index (Phi) is 12.5. The van der Waals surface area contributed by atoms with Gasteiger partial charge in [0.2, 0.25) is 5.88 Å². The van der Waals surface area contributed by atoms with E-state index in [4.69, 9.17) is 35.7 Å². The van der Waals surface area contributed by atoms with Crippen LogP contribution in [0.1, 0.15) is 50.8 Å². The molecule has 7 nitrogen and oxygen atoms in total. The van der Waals surface area contributed by atoms with Crippen molar-refractivity contribution in [3.63, 3.8) is 0 Å². The number of benzene rings is 6. The van der Waals surface area contributed by atoms with Crippen molar-refractivity contribution >= 4 is 30.8 Å². The van der Waals surface area contributed by atoms with Gasteiger partial charge in [-0.2, -0.15) is 4.98 Å². The quantitative estimate of drug-likeness (QED) is 0.0537. The van der Waals surface area contributed by atoms with Crippen molar-refractivity contribution in [1.29, 1.82) is 0 Å². The second-order valence-electron chi connectivity index (χ2n) is 20.5. The molecule has 2 bridgehead atoms. The molecule has 0 amide bonds. The molecule has 5 atom stereocenters. The number of aromatic nitrogens is 3. The van der Waals surface area contributed by atoms with E-state index in [1.807, 2.05) is 79.0 Å². The van der Waals surface area contributed by atoms with Crippen LogP contribution >= 0.6 is 11.6 Å². The molecule has 3 fully saturated rings. The highest BCUT2D eigenvalue weighted by Gasteiger charge is 2.55. The van der Waals surface area contributed by atoms with Crippen LogP contribution in [0.3, 0.4) is 0 Å². The van der Waals surface area contributed by atoms with Gasteiger partial charge in [-0.15, -0.1) is 6.58 Å². The number of phenolic OH excluding ortho intramolecular Hbond substituents is 1. The molecule has 69 heavy (non-hydrogen) atoms. The van der Waals surface area contributed by atoms with Crippen LogP contribution in [0, 0.1) is 11.8 Å². The van der Waals surface area contributed by atoms with E-state index in [2.05, 4.69) is 125 Å². The molecule has 3 aliphatic heterocycles. The van der Waals surface area contributed by atoms with Gasteiger partial charge in [-0.1, -0.05) is 160 Å². The summed E-state index contributed by atoms with van der Waals surface area (Å²) in [7, 11) is -2.32. The predicted octanol–water partition coefficient (Wildman–Crippen LogP) is 15.2. The first-order valence-electron chi connectivity index (χ1n) is 24.2. The highest BCUT2D eigenvalue weighted by Crippen LogP contribution is 2.52. The van der Waals surface area contributed by atoms with E-state index in [9.17, 15) is 5.11 Å². The van der Waals surface area contributed by atoms with Gasteiger partial charge in [-0.25, -0.2) is 4.98 Å². The van der Waals surface area contributed by atoms with Gasteiger partial charge in [0, 0.05) is 58.2 Å². The third kappa shape index (κ3) is 9.09. The van der Waals surface area contributed by atoms with Gasteiger partial charge in [0.25, 0.3) is 8.32 Å². The highest BCUT2D eigenvalue weighted by atomic mass is 35.5. The molecule has 8 aromatic rings. The van der Waals surface area contributed by atoms with E-state index >= 15 is 0 Å². The van der Waals surface area contributed by atoms with Crippen LogP contribution in [0.25, 0.3) is 55.7 Å². The van der Waals surface area contributed by atoms with Crippen molar-refractivity contribution in [2.75, 3.05) is 13.1 Å². The summed E-state index contributed by atoms with van der Waals surface area (Å²) in [4.78, 5) is 14.9. The molecule has 0 unspecified atom stereocenters. The molecule has 3 aliphatic rings. The average Bonchev–Trinajstić information content (AvgIpc) is 3.36. The number of rotatable bonds is 13. The van der Waals surface area contributed by atoms with Crippen LogP contribution in [0.5, 0.6) is 17.4 Å². The minimum absolute atomic E-state index is 0.0177. The molecule has 1 N–H and O–H groups in total. The number of hydrogen-bond acceptors (Lipinski definition) is 6. The Morgan fingerprint density at radius 2 is 1.38 bits per heavy atom. The summed E-state index contributed by atoms with van der Waals surface area (Å²) in [6.07, 6.45) is 5.45. The van der Waals surface area contributed by atoms with E-state index in [1.165, 1.54) is 5.56 Å². The molecule has 0 radical (unpaired) electrons. The van der Waals surface area contributed by atoms with E-state index < -0.39 is 14.4 Å². The van der Waals surface area contributed by atoms with Crippen molar-refractivity contribution in [3.05, 3.63) is 193 Å². The molecule has 9 heteroatoms. The summed E-state index contributed by atoms with van der Waals surface area (Å²) >= 11 is 7.30. The first kappa shape index (κ1) is 46.2. The van der Waals surface area contributed by atoms with Crippen molar-refractivity contribution in [2.45, 2.75) is 70.4 Å². The van der Waals surface area contributed by atoms with Crippen LogP contribution in [-0.4, -0.2) is 52.0 Å². The lowest BCUT2D eigenvalue weighted by molar-refractivity contribution is -0.984. The highest BCUT2D eigenvalue weighted by molar-refractivity contribution is 6.74. The van der Waals surface area contributed by atoms with E-state index in [0.29, 0.717) is 34.3 Å². The normalized spacial score (nSPS) is 19.5. The Hall–Kier alpha value is -6.58. The Morgan fingerprint density at radius 3 is 1.97 bits per heavy atom. The molecule has 348 valence electrons. The lowest BCUT2D eigenvalue weighted by Crippen LogP contribution is -2.68. The number of phenols is 1. The Labute approximate surface area is 412 Å². The van der Waals surface area contributed by atoms with Gasteiger partial charge in [0.1, 0.15) is 29.2 Å². The molecule has 3 saturated heterocycles. The SMILES string of the molecule is C=C[C@@H]1C[N@+]2(Cc3cc(-c4ccccc4)c(O[Si](C)(C)C(C)(C)C)c(-c4ccccc4)c3)CC[C@@H]1C[C@@H]2[C@@H](Oc1nc(-c2ccccc2)nc(Cl)c1-c1ccccc1)c1ccnc2ccc(O)cc12. The van der Waals surface area contributed by atoms with Crippen molar-refractivity contribution < 1.29 is 18.8 Å². The fourth-order valence-electron chi connectivity index (χ4n) is 10.6. The third-order valence-electron chi connectivity index (χ3n) is 15.2. The maximum atomic E-state index is 11.1. The van der Waals surface area contributed by atoms with Crippen LogP contribution in [0.2, 0.25) is 23.3 Å². The molecular weight excluding hydrogens is 888 g/mol. The minimum Gasteiger partial charge on any atom is -0.543 e. The first-order chi connectivity index (χ1) is 33.3. The number of quaternary nitrogens is 1. The van der Waals surface area contributed by atoms with E-state index in [-0.39, 0.29) is 16.8 Å². The van der Waals surface area contributed by atoms with Crippen LogP contribution in [0.15, 0.2) is 177 Å². The lowest BCUT2D eigenvalue weighted by atomic mass is 9.71. The van der Waals surface area contributed by atoms with Gasteiger partial charge >= 0.3 is 0 Å². The number of fused-ring (bicyclic) bond motifs is 4. The van der Waals surface area contributed by atoms with Gasteiger partial charge in [0.05, 0.1) is 24.2 Å². The smallest absolute Gasteiger partial charge is 0.250 e. The lowest BCUT2D eigenvalue weighted by Gasteiger charge is -2.58. The van der Waals surface area contributed by atoms with Crippen LogP contribution in [-0.2, 0) is 6.54 Å². The van der Waals surface area contributed by atoms with E-state index in [1.54, 1.807) is 6.07 Å². The summed E-state index contributed by atoms with van der Waals surface area (Å²) in [5, 5.41) is 12.2. The average molecular weight is 949 g/mol. The first-order valence-corrected chi connectivity index (χ1v) is 27.5. The largest absolute Gasteiger partial charge is 0.543 e. The summed E-state index contributed by atoms with van der Waals surface area (Å²) in [5.74, 6) is 2.71. The number of pyridine rings is 1. The van der Waals surface area contributed by atoms with Gasteiger partial charge < -0.3 is 18.8 Å². The number of ether oxygens (including phenoxy) is 1. The van der Waals surface area contributed by atoms with Crippen LogP contribution < -0.4 is 9.16 Å². The number of nitrogens with zero attached hydrogens (tertiary/aromatic N) is 4. The minimum atomic E-state index is -2.32. The van der Waals surface area contributed by atoms with Crippen molar-refractivity contribution in [1.82, 2.24) is 15.0 Å². The fourth-order valence-corrected chi connectivity index (χ4v) is 11.9. The topological polar surface area (TPSA) is 77.4 Å². The third-order valence-corrected chi connectivity index (χ3v) is 19.8. The van der Waals surface area contributed by atoms with E-state index in [0.717, 1.165) is 92.6 Å². The van der Waals surface area contributed by atoms with Crippen LogP contribution in [0.4, 0.5) is 0 Å². The maximum Gasteiger partial charge on any atom is 0.250 e. The molecule has 0 saturated carbocycles.